The van der Waals surface area contributed by atoms with Crippen LogP contribution in [0.3, 0.4) is 0 Å². The van der Waals surface area contributed by atoms with Crippen LogP contribution in [0, 0.1) is 0 Å². The lowest BCUT2D eigenvalue weighted by atomic mass is 10.1. The van der Waals surface area contributed by atoms with E-state index in [4.69, 9.17) is 30.5 Å². The first kappa shape index (κ1) is 18.4. The quantitative estimate of drug-likeness (QED) is 0.580. The normalized spacial score (nSPS) is 10.5. The van der Waals surface area contributed by atoms with Gasteiger partial charge in [-0.25, -0.2) is 0 Å². The van der Waals surface area contributed by atoms with Crippen LogP contribution in [0.4, 0.5) is 0 Å². The van der Waals surface area contributed by atoms with Gasteiger partial charge in [0.15, 0.2) is 11.5 Å². The van der Waals surface area contributed by atoms with Crippen LogP contribution in [-0.2, 0) is 0 Å². The van der Waals surface area contributed by atoms with Crippen molar-refractivity contribution in [3.05, 3.63) is 41.4 Å². The van der Waals surface area contributed by atoms with Crippen molar-refractivity contribution in [1.82, 2.24) is 4.37 Å². The maximum absolute atomic E-state index is 5.97. The number of rotatable bonds is 6. The van der Waals surface area contributed by atoms with Crippen molar-refractivity contribution in [3.63, 3.8) is 0 Å². The average Bonchev–Trinajstić information content (AvgIpc) is 3.16. The highest BCUT2D eigenvalue weighted by molar-refractivity contribution is 7.09. The summed E-state index contributed by atoms with van der Waals surface area (Å²) in [4.78, 5) is 1.02. The minimum Gasteiger partial charge on any atom is -0.493 e. The Morgan fingerprint density at radius 3 is 2.04 bits per heavy atom. The van der Waals surface area contributed by atoms with E-state index in [9.17, 15) is 0 Å². The second-order valence-corrected chi connectivity index (χ2v) is 6.55. The van der Waals surface area contributed by atoms with Crippen LogP contribution in [-0.4, -0.2) is 32.8 Å². The highest BCUT2D eigenvalue weighted by atomic mass is 35.5. The van der Waals surface area contributed by atoms with Crippen LogP contribution in [0.5, 0.6) is 23.0 Å². The van der Waals surface area contributed by atoms with Gasteiger partial charge >= 0.3 is 0 Å². The van der Waals surface area contributed by atoms with Gasteiger partial charge in [0.2, 0.25) is 11.5 Å². The summed E-state index contributed by atoms with van der Waals surface area (Å²) in [5.74, 6) is 2.02. The molecular weight excluding hydrogens is 374 g/mol. The van der Waals surface area contributed by atoms with Gasteiger partial charge in [0.05, 0.1) is 44.6 Å². The van der Waals surface area contributed by atoms with Crippen LogP contribution >= 0.6 is 23.1 Å². The molecule has 3 aromatic rings. The molecule has 0 fully saturated rings. The molecule has 0 bridgehead atoms. The summed E-state index contributed by atoms with van der Waals surface area (Å²) in [6, 6.07) is 11.5. The molecule has 0 amide bonds. The van der Waals surface area contributed by atoms with Gasteiger partial charge in [0, 0.05) is 5.02 Å². The third-order valence-corrected chi connectivity index (χ3v) is 4.99. The summed E-state index contributed by atoms with van der Waals surface area (Å²) in [7, 11) is 6.28. The first-order chi connectivity index (χ1) is 12.6. The lowest BCUT2D eigenvalue weighted by molar-refractivity contribution is 0.306. The highest BCUT2D eigenvalue weighted by Gasteiger charge is 2.23. The Morgan fingerprint density at radius 2 is 1.46 bits per heavy atom. The smallest absolute Gasteiger partial charge is 0.207 e. The molecule has 5 nitrogen and oxygen atoms in total. The standard InChI is InChI=1S/C19H18ClNO4S/c1-22-15-9-13(17(23-2)19(25-4)18(15)24-3)14-10-16(26-21-14)11-5-7-12(20)8-6-11/h5-10H,1-4H3. The molecule has 0 aliphatic rings. The summed E-state index contributed by atoms with van der Waals surface area (Å²) in [5, 5.41) is 0.699. The molecule has 0 N–H and O–H groups in total. The van der Waals surface area contributed by atoms with Gasteiger partial charge in [-0.2, -0.15) is 4.37 Å². The summed E-state index contributed by atoms with van der Waals surface area (Å²) in [6.45, 7) is 0. The zero-order chi connectivity index (χ0) is 18.7. The number of ether oxygens (including phenoxy) is 4. The maximum Gasteiger partial charge on any atom is 0.207 e. The third kappa shape index (κ3) is 3.30. The number of hydrogen-bond donors (Lipinski definition) is 0. The van der Waals surface area contributed by atoms with E-state index in [1.807, 2.05) is 36.4 Å². The first-order valence-electron chi connectivity index (χ1n) is 7.72. The SMILES string of the molecule is COc1cc(-c2cc(-c3ccc(Cl)cc3)sn2)c(OC)c(OC)c1OC. The van der Waals surface area contributed by atoms with Crippen molar-refractivity contribution >= 4 is 23.1 Å². The second-order valence-electron chi connectivity index (χ2n) is 5.31. The number of halogens is 1. The molecule has 0 aliphatic carbocycles. The van der Waals surface area contributed by atoms with Gasteiger partial charge in [-0.1, -0.05) is 23.7 Å². The molecule has 0 atom stereocenters. The predicted octanol–water partition coefficient (Wildman–Crippen LogP) is 5.16. The fourth-order valence-corrected chi connectivity index (χ4v) is 3.55. The summed E-state index contributed by atoms with van der Waals surface area (Å²) in [6.07, 6.45) is 0. The number of aromatic nitrogens is 1. The predicted molar refractivity (Wildman–Crippen MR) is 104 cm³/mol. The Bertz CT molecular complexity index is 909. The van der Waals surface area contributed by atoms with Crippen molar-refractivity contribution in [2.75, 3.05) is 28.4 Å². The molecule has 7 heteroatoms. The van der Waals surface area contributed by atoms with E-state index in [1.54, 1.807) is 28.4 Å². The van der Waals surface area contributed by atoms with E-state index in [1.165, 1.54) is 11.5 Å². The summed E-state index contributed by atoms with van der Waals surface area (Å²) in [5.41, 5.74) is 2.57. The van der Waals surface area contributed by atoms with E-state index in [-0.39, 0.29) is 0 Å². The topological polar surface area (TPSA) is 49.8 Å². The molecule has 1 heterocycles. The van der Waals surface area contributed by atoms with Crippen LogP contribution < -0.4 is 18.9 Å². The van der Waals surface area contributed by atoms with Crippen molar-refractivity contribution in [1.29, 1.82) is 0 Å². The van der Waals surface area contributed by atoms with Crippen LogP contribution in [0.25, 0.3) is 21.7 Å². The molecule has 26 heavy (non-hydrogen) atoms. The molecule has 136 valence electrons. The monoisotopic (exact) mass is 391 g/mol. The van der Waals surface area contributed by atoms with E-state index in [2.05, 4.69) is 4.37 Å². The van der Waals surface area contributed by atoms with Crippen LogP contribution in [0.15, 0.2) is 36.4 Å². The number of hydrogen-bond acceptors (Lipinski definition) is 6. The van der Waals surface area contributed by atoms with Crippen molar-refractivity contribution < 1.29 is 18.9 Å². The van der Waals surface area contributed by atoms with Crippen LogP contribution in [0.2, 0.25) is 5.02 Å². The lowest BCUT2D eigenvalue weighted by Crippen LogP contribution is -1.99. The minimum absolute atomic E-state index is 0.463. The third-order valence-electron chi connectivity index (χ3n) is 3.90. The lowest BCUT2D eigenvalue weighted by Gasteiger charge is -2.17. The van der Waals surface area contributed by atoms with Gasteiger partial charge < -0.3 is 18.9 Å². The van der Waals surface area contributed by atoms with Gasteiger partial charge in [-0.15, -0.1) is 0 Å². The van der Waals surface area contributed by atoms with E-state index >= 15 is 0 Å². The van der Waals surface area contributed by atoms with Crippen molar-refractivity contribution in [2.24, 2.45) is 0 Å². The van der Waals surface area contributed by atoms with E-state index < -0.39 is 0 Å². The largest absolute Gasteiger partial charge is 0.493 e. The fourth-order valence-electron chi connectivity index (χ4n) is 2.68. The zero-order valence-corrected chi connectivity index (χ0v) is 16.4. The molecule has 0 unspecified atom stereocenters. The van der Waals surface area contributed by atoms with Gasteiger partial charge in [-0.3, -0.25) is 0 Å². The molecule has 0 aliphatic heterocycles. The average molecular weight is 392 g/mol. The second kappa shape index (κ2) is 7.85. The van der Waals surface area contributed by atoms with E-state index in [0.717, 1.165) is 21.7 Å². The van der Waals surface area contributed by atoms with Gasteiger partial charge in [-0.05, 0) is 41.4 Å². The Hall–Kier alpha value is -2.44. The Labute approximate surface area is 161 Å². The molecule has 2 aromatic carbocycles. The Kier molecular flexibility index (Phi) is 5.54. The molecule has 0 saturated carbocycles. The fraction of sp³-hybridized carbons (Fsp3) is 0.211. The highest BCUT2D eigenvalue weighted by Crippen LogP contribution is 2.50. The molecule has 0 saturated heterocycles. The molecule has 3 rings (SSSR count). The van der Waals surface area contributed by atoms with Gasteiger partial charge in [0.25, 0.3) is 0 Å². The maximum atomic E-state index is 5.97. The van der Waals surface area contributed by atoms with Crippen molar-refractivity contribution in [3.8, 4) is 44.7 Å². The Morgan fingerprint density at radius 1 is 0.808 bits per heavy atom. The van der Waals surface area contributed by atoms with Crippen molar-refractivity contribution in [2.45, 2.75) is 0 Å². The van der Waals surface area contributed by atoms with E-state index in [0.29, 0.717) is 28.0 Å². The Balaban J connectivity index is 2.13. The summed E-state index contributed by atoms with van der Waals surface area (Å²) < 4.78 is 26.5. The van der Waals surface area contributed by atoms with Crippen LogP contribution in [0.1, 0.15) is 0 Å². The zero-order valence-electron chi connectivity index (χ0n) is 14.8. The number of benzene rings is 2. The molecule has 0 radical (unpaired) electrons. The first-order valence-corrected chi connectivity index (χ1v) is 8.88. The summed E-state index contributed by atoms with van der Waals surface area (Å²) >= 11 is 7.36. The molecule has 1 aromatic heterocycles. The molecular formula is C19H18ClNO4S. The number of methoxy groups -OCH3 is 4. The van der Waals surface area contributed by atoms with Gasteiger partial charge in [0.1, 0.15) is 0 Å². The molecule has 0 spiro atoms. The number of nitrogens with zero attached hydrogens (tertiary/aromatic N) is 1. The minimum atomic E-state index is 0.463.